The minimum Gasteiger partial charge on any atom is -0.310 e. The Hall–Kier alpha value is -0.530. The summed E-state index contributed by atoms with van der Waals surface area (Å²) in [4.78, 5) is 0. The summed E-state index contributed by atoms with van der Waals surface area (Å²) in [6, 6.07) is 6.95. The highest BCUT2D eigenvalue weighted by molar-refractivity contribution is 6.30. The first-order valence-electron chi connectivity index (χ1n) is 7.74. The van der Waals surface area contributed by atoms with E-state index in [0.717, 1.165) is 16.9 Å². The molecule has 19 heavy (non-hydrogen) atoms. The first-order valence-corrected chi connectivity index (χ1v) is 8.12. The molecule has 0 amide bonds. The van der Waals surface area contributed by atoms with Crippen LogP contribution >= 0.6 is 11.6 Å². The Bertz CT molecular complexity index is 435. The fraction of sp³-hybridized carbons (Fsp3) is 0.647. The van der Waals surface area contributed by atoms with Gasteiger partial charge in [-0.25, -0.2) is 0 Å². The largest absolute Gasteiger partial charge is 0.310 e. The molecule has 0 saturated heterocycles. The van der Waals surface area contributed by atoms with Crippen LogP contribution in [0.3, 0.4) is 0 Å². The second kappa shape index (κ2) is 5.85. The molecule has 0 spiro atoms. The molecule has 2 heteroatoms. The van der Waals surface area contributed by atoms with Crippen LogP contribution in [0, 0.1) is 11.8 Å². The molecule has 1 N–H and O–H groups in total. The Balaban J connectivity index is 1.55. The molecule has 1 saturated carbocycles. The molecular weight excluding hydrogens is 254 g/mol. The summed E-state index contributed by atoms with van der Waals surface area (Å²) in [5.74, 6) is 1.85. The van der Waals surface area contributed by atoms with E-state index in [1.54, 1.807) is 0 Å². The summed E-state index contributed by atoms with van der Waals surface area (Å²) < 4.78 is 0. The van der Waals surface area contributed by atoms with Crippen LogP contribution in [0.1, 0.15) is 56.2 Å². The van der Waals surface area contributed by atoms with Gasteiger partial charge in [0.05, 0.1) is 0 Å². The van der Waals surface area contributed by atoms with Crippen molar-refractivity contribution in [3.63, 3.8) is 0 Å². The lowest BCUT2D eigenvalue weighted by atomic mass is 9.83. The summed E-state index contributed by atoms with van der Waals surface area (Å²) in [5, 5.41) is 4.67. The average molecular weight is 278 g/mol. The number of halogens is 1. The van der Waals surface area contributed by atoms with Crippen molar-refractivity contribution in [3.8, 4) is 0 Å². The minimum absolute atomic E-state index is 0.562. The Morgan fingerprint density at radius 1 is 1.16 bits per heavy atom. The minimum atomic E-state index is 0.562. The molecular formula is C17H24ClN. The Morgan fingerprint density at radius 2 is 1.95 bits per heavy atom. The van der Waals surface area contributed by atoms with Crippen molar-refractivity contribution < 1.29 is 0 Å². The zero-order valence-corrected chi connectivity index (χ0v) is 12.5. The van der Waals surface area contributed by atoms with Gasteiger partial charge in [-0.1, -0.05) is 37.4 Å². The first kappa shape index (κ1) is 13.5. The van der Waals surface area contributed by atoms with Gasteiger partial charge < -0.3 is 5.32 Å². The maximum Gasteiger partial charge on any atom is 0.0408 e. The number of hydrogen-bond donors (Lipinski definition) is 1. The van der Waals surface area contributed by atoms with Crippen LogP contribution in [0.4, 0.5) is 0 Å². The lowest BCUT2D eigenvalue weighted by Crippen LogP contribution is -2.28. The van der Waals surface area contributed by atoms with Crippen molar-refractivity contribution in [2.45, 2.75) is 51.5 Å². The fourth-order valence-electron chi connectivity index (χ4n) is 3.64. The van der Waals surface area contributed by atoms with Crippen molar-refractivity contribution in [1.29, 1.82) is 0 Å². The number of fused-ring (bicyclic) bond motifs is 1. The van der Waals surface area contributed by atoms with E-state index in [9.17, 15) is 0 Å². The summed E-state index contributed by atoms with van der Waals surface area (Å²) in [5.41, 5.74) is 2.93. The highest BCUT2D eigenvalue weighted by Gasteiger charge is 2.24. The predicted molar refractivity (Wildman–Crippen MR) is 81.6 cm³/mol. The van der Waals surface area contributed by atoms with Gasteiger partial charge in [0.1, 0.15) is 0 Å². The normalized spacial score (nSPS) is 30.3. The Kier molecular flexibility index (Phi) is 4.14. The van der Waals surface area contributed by atoms with Gasteiger partial charge >= 0.3 is 0 Å². The van der Waals surface area contributed by atoms with Gasteiger partial charge in [0.25, 0.3) is 0 Å². The molecule has 0 bridgehead atoms. The maximum atomic E-state index is 6.06. The van der Waals surface area contributed by atoms with Crippen LogP contribution in [-0.2, 0) is 6.42 Å². The van der Waals surface area contributed by atoms with E-state index in [1.165, 1.54) is 56.2 Å². The molecule has 1 unspecified atom stereocenters. The van der Waals surface area contributed by atoms with Gasteiger partial charge in [-0.15, -0.1) is 0 Å². The van der Waals surface area contributed by atoms with Crippen molar-refractivity contribution >= 4 is 11.6 Å². The monoisotopic (exact) mass is 277 g/mol. The highest BCUT2D eigenvalue weighted by atomic mass is 35.5. The molecule has 1 atom stereocenters. The first-order chi connectivity index (χ1) is 9.22. The number of rotatable bonds is 3. The summed E-state index contributed by atoms with van der Waals surface area (Å²) in [7, 11) is 0. The van der Waals surface area contributed by atoms with Gasteiger partial charge in [0.2, 0.25) is 0 Å². The third kappa shape index (κ3) is 3.14. The van der Waals surface area contributed by atoms with Gasteiger partial charge in [-0.2, -0.15) is 0 Å². The van der Waals surface area contributed by atoms with Crippen molar-refractivity contribution in [2.24, 2.45) is 11.8 Å². The zero-order valence-electron chi connectivity index (χ0n) is 11.8. The average Bonchev–Trinajstić information content (AvgIpc) is 2.80. The standard InChI is InChI=1S/C17H24ClN/c1-12-2-4-13(5-3-12)11-19-17-9-6-14-10-15(18)7-8-16(14)17/h7-8,10,12-13,17,19H,2-6,9,11H2,1H3. The molecule has 1 nitrogen and oxygen atoms in total. The molecule has 0 aliphatic heterocycles. The van der Waals surface area contributed by atoms with Gasteiger partial charge in [-0.05, 0) is 67.3 Å². The molecule has 2 aliphatic rings. The van der Waals surface area contributed by atoms with Crippen LogP contribution in [0.2, 0.25) is 5.02 Å². The Morgan fingerprint density at radius 3 is 2.74 bits per heavy atom. The molecule has 2 aliphatic carbocycles. The van der Waals surface area contributed by atoms with E-state index in [4.69, 9.17) is 11.6 Å². The van der Waals surface area contributed by atoms with E-state index in [2.05, 4.69) is 24.4 Å². The molecule has 0 heterocycles. The predicted octanol–water partition coefficient (Wildman–Crippen LogP) is 4.74. The molecule has 1 fully saturated rings. The van der Waals surface area contributed by atoms with Gasteiger partial charge in [0, 0.05) is 11.1 Å². The highest BCUT2D eigenvalue weighted by Crippen LogP contribution is 2.34. The fourth-order valence-corrected chi connectivity index (χ4v) is 3.83. The number of nitrogens with one attached hydrogen (secondary N) is 1. The van der Waals surface area contributed by atoms with Crippen LogP contribution in [0.5, 0.6) is 0 Å². The third-order valence-corrected chi connectivity index (χ3v) is 5.21. The smallest absolute Gasteiger partial charge is 0.0408 e. The summed E-state index contributed by atoms with van der Waals surface area (Å²) >= 11 is 6.06. The molecule has 0 radical (unpaired) electrons. The topological polar surface area (TPSA) is 12.0 Å². The molecule has 3 rings (SSSR count). The van der Waals surface area contributed by atoms with Crippen LogP contribution in [-0.4, -0.2) is 6.54 Å². The van der Waals surface area contributed by atoms with Crippen LogP contribution in [0.15, 0.2) is 18.2 Å². The summed E-state index contributed by atoms with van der Waals surface area (Å²) in [6.07, 6.45) is 8.07. The second-order valence-corrected chi connectivity index (χ2v) is 6.90. The van der Waals surface area contributed by atoms with Crippen molar-refractivity contribution in [2.75, 3.05) is 6.54 Å². The van der Waals surface area contributed by atoms with E-state index < -0.39 is 0 Å². The number of benzene rings is 1. The third-order valence-electron chi connectivity index (χ3n) is 4.97. The maximum absolute atomic E-state index is 6.06. The summed E-state index contributed by atoms with van der Waals surface area (Å²) in [6.45, 7) is 3.58. The van der Waals surface area contributed by atoms with Gasteiger partial charge in [0.15, 0.2) is 0 Å². The van der Waals surface area contributed by atoms with Gasteiger partial charge in [-0.3, -0.25) is 0 Å². The lowest BCUT2D eigenvalue weighted by molar-refractivity contribution is 0.274. The van der Waals surface area contributed by atoms with E-state index >= 15 is 0 Å². The molecule has 1 aromatic carbocycles. The molecule has 1 aromatic rings. The van der Waals surface area contributed by atoms with Crippen molar-refractivity contribution in [1.82, 2.24) is 5.32 Å². The number of aryl methyl sites for hydroxylation is 1. The van der Waals surface area contributed by atoms with Crippen LogP contribution < -0.4 is 5.32 Å². The van der Waals surface area contributed by atoms with E-state index in [0.29, 0.717) is 6.04 Å². The van der Waals surface area contributed by atoms with Crippen LogP contribution in [0.25, 0.3) is 0 Å². The molecule has 104 valence electrons. The van der Waals surface area contributed by atoms with Crippen molar-refractivity contribution in [3.05, 3.63) is 34.3 Å². The Labute approximate surface area is 121 Å². The molecule has 0 aromatic heterocycles. The quantitative estimate of drug-likeness (QED) is 0.841. The SMILES string of the molecule is CC1CCC(CNC2CCc3cc(Cl)ccc32)CC1. The number of hydrogen-bond acceptors (Lipinski definition) is 1. The van der Waals surface area contributed by atoms with E-state index in [-0.39, 0.29) is 0 Å². The lowest BCUT2D eigenvalue weighted by Gasteiger charge is -2.27. The second-order valence-electron chi connectivity index (χ2n) is 6.47. The zero-order chi connectivity index (χ0) is 13.2. The van der Waals surface area contributed by atoms with E-state index in [1.807, 2.05) is 6.07 Å².